The molecule has 0 spiro atoms. The number of ether oxygens (including phenoxy) is 2. The Bertz CT molecular complexity index is 584. The molecule has 0 heterocycles. The maximum Gasteiger partial charge on any atom is 0.355 e. The van der Waals surface area contributed by atoms with Gasteiger partial charge in [0.05, 0.1) is 6.42 Å². The zero-order valence-electron chi connectivity index (χ0n) is 11.2. The minimum Gasteiger partial charge on any atom is -0.481 e. The summed E-state index contributed by atoms with van der Waals surface area (Å²) in [6, 6.07) is 0. The van der Waals surface area contributed by atoms with Crippen LogP contribution in [-0.4, -0.2) is 57.2 Å². The van der Waals surface area contributed by atoms with Crippen molar-refractivity contribution in [3.05, 3.63) is 24.3 Å². The second-order valence-electron chi connectivity index (χ2n) is 3.61. The normalized spacial score (nSPS) is 11.8. The molecule has 0 rings (SSSR count). The van der Waals surface area contributed by atoms with E-state index >= 15 is 0 Å². The van der Waals surface area contributed by atoms with Gasteiger partial charge in [-0.1, -0.05) is 0 Å². The van der Waals surface area contributed by atoms with Gasteiger partial charge in [-0.05, 0) is 0 Å². The Morgan fingerprint density at radius 1 is 0.783 bits per heavy atom. The topological polar surface area (TPSA) is 182 Å². The van der Waals surface area contributed by atoms with Gasteiger partial charge in [0.1, 0.15) is 0 Å². The van der Waals surface area contributed by atoms with Gasteiger partial charge in [-0.25, -0.2) is 24.0 Å². The minimum absolute atomic E-state index is 0.365. The Morgan fingerprint density at radius 3 is 1.70 bits per heavy atom. The lowest BCUT2D eigenvalue weighted by molar-refractivity contribution is -0.172. The maximum atomic E-state index is 11.5. The van der Waals surface area contributed by atoms with Crippen molar-refractivity contribution < 1.29 is 53.6 Å². The van der Waals surface area contributed by atoms with Crippen molar-refractivity contribution in [3.63, 3.8) is 0 Å². The molecule has 0 bridgehead atoms. The highest BCUT2D eigenvalue weighted by molar-refractivity contribution is 5.98. The van der Waals surface area contributed by atoms with Crippen LogP contribution in [-0.2, 0) is 38.2 Å². The summed E-state index contributed by atoms with van der Waals surface area (Å²) in [6.07, 6.45) is -1.54. The van der Waals surface area contributed by atoms with Gasteiger partial charge in [0.2, 0.25) is 6.10 Å². The molecule has 1 unspecified atom stereocenters. The number of carboxylic acid groups (broad SMARTS) is 3. The van der Waals surface area contributed by atoms with E-state index in [2.05, 4.69) is 9.47 Å². The molecule has 0 fully saturated rings. The quantitative estimate of drug-likeness (QED) is 0.274. The average Bonchev–Trinajstić information content (AvgIpc) is 2.41. The highest BCUT2D eigenvalue weighted by Gasteiger charge is 2.28. The minimum atomic E-state index is -2.03. The van der Waals surface area contributed by atoms with Gasteiger partial charge in [-0.3, -0.25) is 4.79 Å². The molecule has 0 aliphatic carbocycles. The van der Waals surface area contributed by atoms with Crippen LogP contribution in [0.2, 0.25) is 0 Å². The molecule has 0 aromatic heterocycles. The Kier molecular flexibility index (Phi) is 8.00. The van der Waals surface area contributed by atoms with Gasteiger partial charge in [0, 0.05) is 24.3 Å². The standard InChI is InChI=1S/C12H10O11/c13-7(14)1-3-10(19)22-6(5-9(17)18)12(21)23-11(20)4-2-8(15)16/h1-4,6H,5H2,(H,13,14)(H,15,16)(H,17,18). The molecule has 0 aromatic carbocycles. The molecular formula is C12H10O11. The fourth-order valence-corrected chi connectivity index (χ4v) is 0.989. The Hall–Kier alpha value is -3.50. The van der Waals surface area contributed by atoms with Crippen molar-refractivity contribution in [2.24, 2.45) is 0 Å². The van der Waals surface area contributed by atoms with E-state index in [1.807, 2.05) is 0 Å². The molecule has 23 heavy (non-hydrogen) atoms. The third kappa shape index (κ3) is 9.95. The number of aliphatic carboxylic acids is 3. The summed E-state index contributed by atoms with van der Waals surface area (Å²) in [5.74, 6) is -8.91. The van der Waals surface area contributed by atoms with E-state index in [1.54, 1.807) is 0 Å². The molecule has 0 amide bonds. The first-order valence-electron chi connectivity index (χ1n) is 5.62. The molecule has 11 nitrogen and oxygen atoms in total. The summed E-state index contributed by atoms with van der Waals surface area (Å²) < 4.78 is 8.44. The summed E-state index contributed by atoms with van der Waals surface area (Å²) in [5, 5.41) is 25.1. The number of esters is 3. The first kappa shape index (κ1) is 19.5. The van der Waals surface area contributed by atoms with Gasteiger partial charge in [0.25, 0.3) is 0 Å². The van der Waals surface area contributed by atoms with Gasteiger partial charge < -0.3 is 24.8 Å². The molecule has 3 N–H and O–H groups in total. The largest absolute Gasteiger partial charge is 0.481 e. The number of rotatable bonds is 8. The van der Waals surface area contributed by atoms with Crippen molar-refractivity contribution in [2.45, 2.75) is 12.5 Å². The zero-order valence-corrected chi connectivity index (χ0v) is 11.2. The second kappa shape index (κ2) is 9.44. The van der Waals surface area contributed by atoms with Gasteiger partial charge in [-0.15, -0.1) is 0 Å². The van der Waals surface area contributed by atoms with Crippen LogP contribution in [0.15, 0.2) is 24.3 Å². The summed E-state index contributed by atoms with van der Waals surface area (Å²) in [4.78, 5) is 64.7. The fraction of sp³-hybridized carbons (Fsp3) is 0.167. The van der Waals surface area contributed by atoms with E-state index in [-0.39, 0.29) is 0 Å². The first-order chi connectivity index (χ1) is 10.6. The van der Waals surface area contributed by atoms with Gasteiger partial charge in [0.15, 0.2) is 0 Å². The molecule has 0 saturated carbocycles. The molecule has 0 saturated heterocycles. The fourth-order valence-electron chi connectivity index (χ4n) is 0.989. The lowest BCUT2D eigenvalue weighted by Crippen LogP contribution is -2.32. The van der Waals surface area contributed by atoms with Crippen molar-refractivity contribution in [1.29, 1.82) is 0 Å². The molecule has 0 radical (unpaired) electrons. The first-order valence-corrected chi connectivity index (χ1v) is 5.62. The molecule has 1 atom stereocenters. The van der Waals surface area contributed by atoms with Crippen LogP contribution >= 0.6 is 0 Å². The zero-order chi connectivity index (χ0) is 18.0. The van der Waals surface area contributed by atoms with Crippen molar-refractivity contribution in [2.75, 3.05) is 0 Å². The lowest BCUT2D eigenvalue weighted by atomic mass is 10.2. The Labute approximate surface area is 127 Å². The molecule has 0 aliphatic rings. The van der Waals surface area contributed by atoms with Crippen molar-refractivity contribution in [1.82, 2.24) is 0 Å². The van der Waals surface area contributed by atoms with Crippen LogP contribution in [0.5, 0.6) is 0 Å². The summed E-state index contributed by atoms with van der Waals surface area (Å²) in [7, 11) is 0. The molecular weight excluding hydrogens is 320 g/mol. The molecule has 0 aliphatic heterocycles. The predicted octanol–water partition coefficient (Wildman–Crippen LogP) is -1.28. The van der Waals surface area contributed by atoms with E-state index < -0.39 is 48.3 Å². The van der Waals surface area contributed by atoms with Crippen LogP contribution in [0.25, 0.3) is 0 Å². The van der Waals surface area contributed by atoms with E-state index in [1.165, 1.54) is 0 Å². The molecule has 11 heteroatoms. The third-order valence-electron chi connectivity index (χ3n) is 1.81. The van der Waals surface area contributed by atoms with Crippen LogP contribution < -0.4 is 0 Å². The summed E-state index contributed by atoms with van der Waals surface area (Å²) in [6.45, 7) is 0. The lowest BCUT2D eigenvalue weighted by Gasteiger charge is -2.12. The van der Waals surface area contributed by atoms with Gasteiger partial charge >= 0.3 is 35.8 Å². The van der Waals surface area contributed by atoms with Crippen LogP contribution in [0.4, 0.5) is 0 Å². The van der Waals surface area contributed by atoms with E-state index in [9.17, 15) is 28.8 Å². The summed E-state index contributed by atoms with van der Waals surface area (Å²) >= 11 is 0. The molecule has 124 valence electrons. The monoisotopic (exact) mass is 330 g/mol. The number of carbonyl (C=O) groups excluding carboxylic acids is 3. The van der Waals surface area contributed by atoms with Crippen molar-refractivity contribution in [3.8, 4) is 0 Å². The number of carbonyl (C=O) groups is 6. The van der Waals surface area contributed by atoms with Crippen LogP contribution in [0, 0.1) is 0 Å². The Morgan fingerprint density at radius 2 is 1.26 bits per heavy atom. The highest BCUT2D eigenvalue weighted by atomic mass is 16.6. The summed E-state index contributed by atoms with van der Waals surface area (Å²) in [5.41, 5.74) is 0. The maximum absolute atomic E-state index is 11.5. The number of hydrogen-bond acceptors (Lipinski definition) is 8. The van der Waals surface area contributed by atoms with Crippen LogP contribution in [0.3, 0.4) is 0 Å². The van der Waals surface area contributed by atoms with E-state index in [0.717, 1.165) is 0 Å². The number of carboxylic acids is 3. The second-order valence-corrected chi connectivity index (χ2v) is 3.61. The smallest absolute Gasteiger partial charge is 0.355 e. The highest BCUT2D eigenvalue weighted by Crippen LogP contribution is 2.04. The SMILES string of the molecule is O=C(O)C=CC(=O)OC(=O)C(CC(=O)O)OC(=O)C=CC(=O)O. The Balaban J connectivity index is 4.88. The average molecular weight is 330 g/mol. The molecule has 0 aromatic rings. The van der Waals surface area contributed by atoms with E-state index in [0.29, 0.717) is 24.3 Å². The van der Waals surface area contributed by atoms with E-state index in [4.69, 9.17) is 15.3 Å². The number of hydrogen-bond donors (Lipinski definition) is 3. The van der Waals surface area contributed by atoms with Gasteiger partial charge in [-0.2, -0.15) is 0 Å². The van der Waals surface area contributed by atoms with Crippen molar-refractivity contribution >= 4 is 35.8 Å². The predicted molar refractivity (Wildman–Crippen MR) is 66.8 cm³/mol. The van der Waals surface area contributed by atoms with Crippen LogP contribution in [0.1, 0.15) is 6.42 Å². The third-order valence-corrected chi connectivity index (χ3v) is 1.81.